The van der Waals surface area contributed by atoms with Crippen LogP contribution in [0, 0.1) is 17.7 Å². The number of benzene rings is 1. The molecular formula is C19H24FN3. The Morgan fingerprint density at radius 3 is 2.30 bits per heavy atom. The fourth-order valence-electron chi connectivity index (χ4n) is 4.17. The van der Waals surface area contributed by atoms with Crippen LogP contribution in [-0.4, -0.2) is 9.66 Å². The van der Waals surface area contributed by atoms with Crippen LogP contribution < -0.4 is 5.84 Å². The molecule has 0 bridgehead atoms. The minimum Gasteiger partial charge on any atom is -0.338 e. The standard InChI is InChI=1S/C19H24FN3/c20-16-10-8-13(9-11-16)17-12-23(21)19(22-17)18(15-6-7-15)14-4-2-1-3-5-14/h8-12,14-15,18H,1-7,21H2/t18-/m0/s1. The molecule has 2 aliphatic carbocycles. The van der Waals surface area contributed by atoms with Gasteiger partial charge in [-0.1, -0.05) is 19.3 Å². The Morgan fingerprint density at radius 2 is 1.65 bits per heavy atom. The summed E-state index contributed by atoms with van der Waals surface area (Å²) in [6, 6.07) is 6.50. The molecule has 0 saturated heterocycles. The summed E-state index contributed by atoms with van der Waals surface area (Å²) in [6.07, 6.45) is 11.2. The SMILES string of the molecule is Nn1cc(-c2ccc(F)cc2)nc1[C@@H](C1CCCCC1)C1CC1. The summed E-state index contributed by atoms with van der Waals surface area (Å²) in [7, 11) is 0. The van der Waals surface area contributed by atoms with Gasteiger partial charge in [0, 0.05) is 11.5 Å². The topological polar surface area (TPSA) is 43.8 Å². The summed E-state index contributed by atoms with van der Waals surface area (Å²) in [4.78, 5) is 4.86. The van der Waals surface area contributed by atoms with E-state index >= 15 is 0 Å². The van der Waals surface area contributed by atoms with Crippen molar-refractivity contribution in [2.45, 2.75) is 50.9 Å². The van der Waals surface area contributed by atoms with E-state index in [9.17, 15) is 4.39 Å². The highest BCUT2D eigenvalue weighted by atomic mass is 19.1. The van der Waals surface area contributed by atoms with Crippen LogP contribution in [0.2, 0.25) is 0 Å². The monoisotopic (exact) mass is 313 g/mol. The second kappa shape index (κ2) is 5.99. The molecule has 0 amide bonds. The lowest BCUT2D eigenvalue weighted by molar-refractivity contribution is 0.274. The summed E-state index contributed by atoms with van der Waals surface area (Å²) in [6.45, 7) is 0. The zero-order valence-electron chi connectivity index (χ0n) is 13.4. The molecule has 4 heteroatoms. The number of hydrogen-bond donors (Lipinski definition) is 1. The molecule has 2 aliphatic rings. The second-order valence-electron chi connectivity index (χ2n) is 7.16. The van der Waals surface area contributed by atoms with Gasteiger partial charge in [-0.05, 0) is 61.8 Å². The predicted octanol–water partition coefficient (Wildman–Crippen LogP) is 4.48. The molecule has 0 aliphatic heterocycles. The first-order valence-electron chi connectivity index (χ1n) is 8.82. The molecule has 3 nitrogen and oxygen atoms in total. The molecule has 122 valence electrons. The van der Waals surface area contributed by atoms with E-state index in [1.807, 2.05) is 6.20 Å². The molecule has 1 heterocycles. The minimum absolute atomic E-state index is 0.223. The highest BCUT2D eigenvalue weighted by molar-refractivity contribution is 5.58. The Labute approximate surface area is 136 Å². The molecule has 2 N–H and O–H groups in total. The highest BCUT2D eigenvalue weighted by Gasteiger charge is 2.40. The highest BCUT2D eigenvalue weighted by Crippen LogP contribution is 2.50. The number of nitrogens with two attached hydrogens (primary N) is 1. The normalized spacial score (nSPS) is 20.6. The van der Waals surface area contributed by atoms with Gasteiger partial charge in [-0.15, -0.1) is 0 Å². The number of aromatic nitrogens is 2. The molecule has 2 aromatic rings. The lowest BCUT2D eigenvalue weighted by Crippen LogP contribution is -2.24. The van der Waals surface area contributed by atoms with Crippen molar-refractivity contribution in [1.82, 2.24) is 9.66 Å². The average Bonchev–Trinajstić information content (AvgIpc) is 3.33. The van der Waals surface area contributed by atoms with Crippen molar-refractivity contribution in [1.29, 1.82) is 0 Å². The number of hydrogen-bond acceptors (Lipinski definition) is 2. The van der Waals surface area contributed by atoms with Gasteiger partial charge in [-0.3, -0.25) is 4.68 Å². The maximum absolute atomic E-state index is 13.1. The molecular weight excluding hydrogens is 289 g/mol. The van der Waals surface area contributed by atoms with Gasteiger partial charge in [0.1, 0.15) is 11.6 Å². The second-order valence-corrected chi connectivity index (χ2v) is 7.16. The molecule has 23 heavy (non-hydrogen) atoms. The molecule has 0 unspecified atom stereocenters. The summed E-state index contributed by atoms with van der Waals surface area (Å²) in [5.41, 5.74) is 1.78. The first-order chi connectivity index (χ1) is 11.2. The fraction of sp³-hybridized carbons (Fsp3) is 0.526. The maximum Gasteiger partial charge on any atom is 0.131 e. The number of halogens is 1. The lowest BCUT2D eigenvalue weighted by atomic mass is 9.77. The molecule has 4 rings (SSSR count). The smallest absolute Gasteiger partial charge is 0.131 e. The third-order valence-corrected chi connectivity index (χ3v) is 5.49. The van der Waals surface area contributed by atoms with Crippen LogP contribution in [0.25, 0.3) is 11.3 Å². The molecule has 0 spiro atoms. The van der Waals surface area contributed by atoms with Crippen LogP contribution in [0.15, 0.2) is 30.5 Å². The van der Waals surface area contributed by atoms with Gasteiger partial charge in [0.2, 0.25) is 0 Å². The quantitative estimate of drug-likeness (QED) is 0.846. The van der Waals surface area contributed by atoms with Crippen LogP contribution in [0.4, 0.5) is 4.39 Å². The van der Waals surface area contributed by atoms with E-state index < -0.39 is 0 Å². The van der Waals surface area contributed by atoms with Crippen LogP contribution in [0.5, 0.6) is 0 Å². The van der Waals surface area contributed by atoms with Gasteiger partial charge in [0.25, 0.3) is 0 Å². The van der Waals surface area contributed by atoms with E-state index in [-0.39, 0.29) is 5.82 Å². The van der Waals surface area contributed by atoms with Gasteiger partial charge < -0.3 is 5.84 Å². The molecule has 1 aromatic heterocycles. The number of nitrogen functional groups attached to an aromatic ring is 1. The van der Waals surface area contributed by atoms with E-state index in [4.69, 9.17) is 10.8 Å². The van der Waals surface area contributed by atoms with Crippen molar-refractivity contribution in [2.24, 2.45) is 11.8 Å². The molecule has 0 radical (unpaired) electrons. The van der Waals surface area contributed by atoms with Gasteiger partial charge >= 0.3 is 0 Å². The third-order valence-electron chi connectivity index (χ3n) is 5.49. The zero-order chi connectivity index (χ0) is 15.8. The Kier molecular flexibility index (Phi) is 3.83. The van der Waals surface area contributed by atoms with Crippen LogP contribution >= 0.6 is 0 Å². The Morgan fingerprint density at radius 1 is 1.00 bits per heavy atom. The number of rotatable bonds is 4. The molecule has 1 aromatic carbocycles. The summed E-state index contributed by atoms with van der Waals surface area (Å²) in [5, 5.41) is 0. The van der Waals surface area contributed by atoms with Gasteiger partial charge in [0.05, 0.1) is 11.9 Å². The first-order valence-corrected chi connectivity index (χ1v) is 8.82. The largest absolute Gasteiger partial charge is 0.338 e. The maximum atomic E-state index is 13.1. The Hall–Kier alpha value is -1.84. The number of imidazole rings is 1. The van der Waals surface area contributed by atoms with Crippen molar-refractivity contribution in [2.75, 3.05) is 5.84 Å². The van der Waals surface area contributed by atoms with Crippen molar-refractivity contribution in [3.63, 3.8) is 0 Å². The minimum atomic E-state index is -0.223. The Balaban J connectivity index is 1.65. The molecule has 2 fully saturated rings. The first kappa shape index (κ1) is 14.7. The third kappa shape index (κ3) is 2.99. The van der Waals surface area contributed by atoms with E-state index in [2.05, 4.69) is 0 Å². The van der Waals surface area contributed by atoms with E-state index in [1.165, 1.54) is 57.1 Å². The number of nitrogens with zero attached hydrogens (tertiary/aromatic N) is 2. The van der Waals surface area contributed by atoms with Crippen LogP contribution in [0.3, 0.4) is 0 Å². The van der Waals surface area contributed by atoms with E-state index in [1.54, 1.807) is 16.8 Å². The van der Waals surface area contributed by atoms with E-state index in [0.29, 0.717) is 5.92 Å². The van der Waals surface area contributed by atoms with Gasteiger partial charge in [0.15, 0.2) is 0 Å². The fourth-order valence-corrected chi connectivity index (χ4v) is 4.17. The molecule has 2 saturated carbocycles. The van der Waals surface area contributed by atoms with Gasteiger partial charge in [-0.2, -0.15) is 0 Å². The van der Waals surface area contributed by atoms with Crippen LogP contribution in [-0.2, 0) is 0 Å². The van der Waals surface area contributed by atoms with Crippen molar-refractivity contribution in [3.8, 4) is 11.3 Å². The summed E-state index contributed by atoms with van der Waals surface area (Å²) in [5.74, 6) is 9.04. The van der Waals surface area contributed by atoms with Crippen molar-refractivity contribution >= 4 is 0 Å². The van der Waals surface area contributed by atoms with Gasteiger partial charge in [-0.25, -0.2) is 9.37 Å². The molecule has 1 atom stereocenters. The predicted molar refractivity (Wildman–Crippen MR) is 89.8 cm³/mol. The average molecular weight is 313 g/mol. The van der Waals surface area contributed by atoms with Crippen LogP contribution in [0.1, 0.15) is 56.7 Å². The van der Waals surface area contributed by atoms with Crippen molar-refractivity contribution in [3.05, 3.63) is 42.1 Å². The summed E-state index contributed by atoms with van der Waals surface area (Å²) < 4.78 is 14.8. The summed E-state index contributed by atoms with van der Waals surface area (Å²) >= 11 is 0. The lowest BCUT2D eigenvalue weighted by Gasteiger charge is -2.29. The Bertz CT molecular complexity index is 666. The van der Waals surface area contributed by atoms with E-state index in [0.717, 1.165) is 28.9 Å². The zero-order valence-corrected chi connectivity index (χ0v) is 13.4. The van der Waals surface area contributed by atoms with Crippen molar-refractivity contribution < 1.29 is 4.39 Å².